The molecule has 0 bridgehead atoms. The molecule has 1 amide bonds. The molecular formula is C29H23N5OS. The fourth-order valence-corrected chi connectivity index (χ4v) is 4.77. The summed E-state index contributed by atoms with van der Waals surface area (Å²) in [5.41, 5.74) is 10.4. The van der Waals surface area contributed by atoms with Crippen LogP contribution in [0.25, 0.3) is 11.1 Å². The fraction of sp³-hybridized carbons (Fsp3) is 0.103. The third-order valence-corrected chi connectivity index (χ3v) is 6.57. The van der Waals surface area contributed by atoms with Crippen LogP contribution in [0.4, 0.5) is 17.2 Å². The van der Waals surface area contributed by atoms with E-state index in [0.717, 1.165) is 22.5 Å². The monoisotopic (exact) mass is 489 g/mol. The minimum Gasteiger partial charge on any atom is -0.383 e. The van der Waals surface area contributed by atoms with E-state index in [0.29, 0.717) is 16.3 Å². The molecule has 7 heteroatoms. The van der Waals surface area contributed by atoms with Gasteiger partial charge in [-0.15, -0.1) is 11.8 Å². The van der Waals surface area contributed by atoms with E-state index >= 15 is 0 Å². The average molecular weight is 490 g/mol. The number of nitrogens with two attached hydrogens (primary N) is 1. The molecule has 4 aromatic rings. The van der Waals surface area contributed by atoms with Crippen LogP contribution in [0, 0.1) is 29.6 Å². The van der Waals surface area contributed by atoms with Crippen molar-refractivity contribution in [3.05, 3.63) is 102 Å². The Balaban J connectivity index is 1.61. The highest BCUT2D eigenvalue weighted by Crippen LogP contribution is 2.36. The molecule has 1 heterocycles. The van der Waals surface area contributed by atoms with E-state index in [1.165, 1.54) is 11.8 Å². The van der Waals surface area contributed by atoms with Crippen LogP contribution in [0.15, 0.2) is 90.0 Å². The first kappa shape index (κ1) is 24.5. The Morgan fingerprint density at radius 2 is 1.44 bits per heavy atom. The van der Waals surface area contributed by atoms with Crippen LogP contribution in [0.2, 0.25) is 0 Å². The molecule has 0 spiro atoms. The van der Waals surface area contributed by atoms with E-state index in [1.807, 2.05) is 91.9 Å². The normalized spacial score (nSPS) is 10.3. The highest BCUT2D eigenvalue weighted by atomic mass is 32.2. The number of hydrogen-bond acceptors (Lipinski definition) is 6. The molecule has 0 saturated heterocycles. The summed E-state index contributed by atoms with van der Waals surface area (Å²) in [6.45, 7) is 1.97. The van der Waals surface area contributed by atoms with Gasteiger partial charge in [-0.25, -0.2) is 4.98 Å². The van der Waals surface area contributed by atoms with Gasteiger partial charge in [-0.05, 0) is 36.8 Å². The Labute approximate surface area is 214 Å². The Morgan fingerprint density at radius 1 is 0.889 bits per heavy atom. The molecule has 4 rings (SSSR count). The van der Waals surface area contributed by atoms with Gasteiger partial charge >= 0.3 is 0 Å². The summed E-state index contributed by atoms with van der Waals surface area (Å²) in [6, 6.07) is 30.8. The molecule has 36 heavy (non-hydrogen) atoms. The second-order valence-corrected chi connectivity index (χ2v) is 9.10. The summed E-state index contributed by atoms with van der Waals surface area (Å²) < 4.78 is 0. The Morgan fingerprint density at radius 3 is 1.97 bits per heavy atom. The molecule has 2 N–H and O–H groups in total. The first-order valence-electron chi connectivity index (χ1n) is 11.3. The number of nitrogen functional groups attached to an aromatic ring is 1. The lowest BCUT2D eigenvalue weighted by Crippen LogP contribution is -2.26. The topological polar surface area (TPSA) is 107 Å². The number of thioether (sulfide) groups is 1. The lowest BCUT2D eigenvalue weighted by atomic mass is 9.96. The average Bonchev–Trinajstić information content (AvgIpc) is 2.90. The van der Waals surface area contributed by atoms with E-state index in [-0.39, 0.29) is 29.3 Å². The van der Waals surface area contributed by atoms with E-state index in [1.54, 1.807) is 4.90 Å². The number of anilines is 3. The van der Waals surface area contributed by atoms with E-state index in [9.17, 15) is 15.3 Å². The molecule has 0 fully saturated rings. The number of amides is 1. The molecule has 0 unspecified atom stereocenters. The SMILES string of the molecule is Cc1ccc(-c2c(C#N)c(N)nc(SCCC(=O)N(c3ccccc3)c3ccccc3)c2C#N)cc1. The molecule has 6 nitrogen and oxygen atoms in total. The molecule has 0 aliphatic rings. The lowest BCUT2D eigenvalue weighted by Gasteiger charge is -2.23. The molecule has 176 valence electrons. The highest BCUT2D eigenvalue weighted by Gasteiger charge is 2.22. The highest BCUT2D eigenvalue weighted by molar-refractivity contribution is 7.99. The molecule has 1 aromatic heterocycles. The van der Waals surface area contributed by atoms with Crippen molar-refractivity contribution in [1.29, 1.82) is 10.5 Å². The van der Waals surface area contributed by atoms with E-state index < -0.39 is 0 Å². The summed E-state index contributed by atoms with van der Waals surface area (Å²) in [7, 11) is 0. The number of carbonyl (C=O) groups is 1. The molecule has 0 aliphatic carbocycles. The molecule has 3 aromatic carbocycles. The number of pyridine rings is 1. The van der Waals surface area contributed by atoms with Crippen LogP contribution < -0.4 is 10.6 Å². The number of benzene rings is 3. The molecule has 0 atom stereocenters. The van der Waals surface area contributed by atoms with Crippen molar-refractivity contribution >= 4 is 34.9 Å². The zero-order valence-corrected chi connectivity index (χ0v) is 20.5. The second-order valence-electron chi connectivity index (χ2n) is 8.02. The van der Waals surface area contributed by atoms with Crippen LogP contribution in [0.3, 0.4) is 0 Å². The van der Waals surface area contributed by atoms with Gasteiger partial charge in [0, 0.05) is 29.1 Å². The van der Waals surface area contributed by atoms with Gasteiger partial charge in [-0.1, -0.05) is 66.2 Å². The van der Waals surface area contributed by atoms with Crippen LogP contribution >= 0.6 is 11.8 Å². The van der Waals surface area contributed by atoms with E-state index in [4.69, 9.17) is 5.73 Å². The third kappa shape index (κ3) is 5.22. The predicted molar refractivity (Wildman–Crippen MR) is 144 cm³/mol. The molecule has 0 radical (unpaired) electrons. The Kier molecular flexibility index (Phi) is 7.65. The Bertz CT molecular complexity index is 1420. The van der Waals surface area contributed by atoms with Crippen LogP contribution in [-0.2, 0) is 4.79 Å². The number of aryl methyl sites for hydroxylation is 1. The smallest absolute Gasteiger partial charge is 0.232 e. The van der Waals surface area contributed by atoms with Gasteiger partial charge in [-0.2, -0.15) is 10.5 Å². The second kappa shape index (κ2) is 11.2. The minimum absolute atomic E-state index is 0.0658. The van der Waals surface area contributed by atoms with Crippen molar-refractivity contribution in [2.75, 3.05) is 16.4 Å². The molecule has 0 aliphatic heterocycles. The first-order chi connectivity index (χ1) is 17.5. The fourth-order valence-electron chi connectivity index (χ4n) is 3.85. The number of para-hydroxylation sites is 2. The van der Waals surface area contributed by atoms with Crippen molar-refractivity contribution in [2.45, 2.75) is 18.4 Å². The summed E-state index contributed by atoms with van der Waals surface area (Å²) in [4.78, 5) is 19.4. The van der Waals surface area contributed by atoms with Crippen molar-refractivity contribution in [3.63, 3.8) is 0 Å². The lowest BCUT2D eigenvalue weighted by molar-refractivity contribution is -0.117. The largest absolute Gasteiger partial charge is 0.383 e. The molecular weight excluding hydrogens is 466 g/mol. The first-order valence-corrected chi connectivity index (χ1v) is 12.3. The number of nitriles is 2. The zero-order valence-electron chi connectivity index (χ0n) is 19.7. The van der Waals surface area contributed by atoms with Gasteiger partial charge in [0.25, 0.3) is 0 Å². The summed E-state index contributed by atoms with van der Waals surface area (Å²) in [5, 5.41) is 20.1. The Hall–Kier alpha value is -4.59. The summed E-state index contributed by atoms with van der Waals surface area (Å²) in [6.07, 6.45) is 0.209. The van der Waals surface area contributed by atoms with Gasteiger partial charge in [0.1, 0.15) is 28.5 Å². The quantitative estimate of drug-likeness (QED) is 0.308. The van der Waals surface area contributed by atoms with Gasteiger partial charge < -0.3 is 5.73 Å². The predicted octanol–water partition coefficient (Wildman–Crippen LogP) is 6.23. The zero-order chi connectivity index (χ0) is 25.5. The maximum Gasteiger partial charge on any atom is 0.232 e. The van der Waals surface area contributed by atoms with Crippen molar-refractivity contribution in [3.8, 4) is 23.3 Å². The van der Waals surface area contributed by atoms with Crippen molar-refractivity contribution in [2.24, 2.45) is 0 Å². The standard InChI is InChI=1S/C29H23N5OS/c1-20-12-14-21(15-13-20)27-24(18-30)28(32)33-29(25(27)19-31)36-17-16-26(35)34(22-8-4-2-5-9-22)23-10-6-3-7-11-23/h2-15H,16-17H2,1H3,(H2,32,33). The number of rotatable bonds is 7. The van der Waals surface area contributed by atoms with Gasteiger partial charge in [0.15, 0.2) is 0 Å². The van der Waals surface area contributed by atoms with Crippen molar-refractivity contribution < 1.29 is 4.79 Å². The van der Waals surface area contributed by atoms with Crippen LogP contribution in [0.5, 0.6) is 0 Å². The number of nitrogens with zero attached hydrogens (tertiary/aromatic N) is 4. The van der Waals surface area contributed by atoms with E-state index in [2.05, 4.69) is 17.1 Å². The minimum atomic E-state index is -0.0845. The maximum absolute atomic E-state index is 13.3. The summed E-state index contributed by atoms with van der Waals surface area (Å²) >= 11 is 1.28. The van der Waals surface area contributed by atoms with Crippen molar-refractivity contribution in [1.82, 2.24) is 4.98 Å². The van der Waals surface area contributed by atoms with Crippen LogP contribution in [0.1, 0.15) is 23.1 Å². The summed E-state index contributed by atoms with van der Waals surface area (Å²) in [5.74, 6) is 0.366. The number of hydrogen-bond donors (Lipinski definition) is 1. The molecule has 0 saturated carbocycles. The van der Waals surface area contributed by atoms with Gasteiger partial charge in [-0.3, -0.25) is 9.69 Å². The number of carbonyl (C=O) groups excluding carboxylic acids is 1. The van der Waals surface area contributed by atoms with Gasteiger partial charge in [0.2, 0.25) is 5.91 Å². The number of aromatic nitrogens is 1. The van der Waals surface area contributed by atoms with Gasteiger partial charge in [0.05, 0.1) is 5.56 Å². The third-order valence-electron chi connectivity index (χ3n) is 5.59. The van der Waals surface area contributed by atoms with Crippen LogP contribution in [-0.4, -0.2) is 16.6 Å². The maximum atomic E-state index is 13.3.